The van der Waals surface area contributed by atoms with Gasteiger partial charge in [0, 0.05) is 35.7 Å². The molecule has 2 aliphatic rings. The molecule has 6 rings (SSSR count). The van der Waals surface area contributed by atoms with Gasteiger partial charge in [-0.05, 0) is 60.1 Å². The van der Waals surface area contributed by atoms with Gasteiger partial charge in [0.25, 0.3) is 0 Å². The highest BCUT2D eigenvalue weighted by Gasteiger charge is 2.25. The van der Waals surface area contributed by atoms with Gasteiger partial charge in [-0.25, -0.2) is 0 Å². The van der Waals surface area contributed by atoms with Gasteiger partial charge < -0.3 is 15.5 Å². The van der Waals surface area contributed by atoms with Crippen LogP contribution in [0.1, 0.15) is 42.4 Å². The Morgan fingerprint density at radius 3 is 2.26 bits per heavy atom. The minimum absolute atomic E-state index is 0.112. The molecule has 0 saturated heterocycles. The van der Waals surface area contributed by atoms with E-state index in [1.54, 1.807) is 12.1 Å². The first-order valence-electron chi connectivity index (χ1n) is 12.1. The van der Waals surface area contributed by atoms with Gasteiger partial charge >= 0.3 is 0 Å². The topological polar surface area (TPSA) is 81.2 Å². The van der Waals surface area contributed by atoms with Gasteiger partial charge in [-0.1, -0.05) is 54.6 Å². The first-order chi connectivity index (χ1) is 16.6. The molecule has 1 aromatic heterocycles. The number of benzene rings is 3. The number of nitrogens with one attached hydrogen (secondary N) is 2. The molecule has 2 aliphatic carbocycles. The van der Waals surface area contributed by atoms with Crippen LogP contribution in [-0.2, 0) is 13.0 Å². The van der Waals surface area contributed by atoms with Crippen molar-refractivity contribution >= 4 is 0 Å². The molecular weight excluding hydrogens is 422 g/mol. The molecule has 1 fully saturated rings. The minimum atomic E-state index is -0.112. The molecular formula is C29H29N3O2. The zero-order valence-corrected chi connectivity index (χ0v) is 19.1. The number of aliphatic hydroxyl groups is 1. The van der Waals surface area contributed by atoms with Crippen LogP contribution in [0, 0.1) is 0 Å². The Balaban J connectivity index is 1.18. The van der Waals surface area contributed by atoms with Crippen molar-refractivity contribution in [3.63, 3.8) is 0 Å². The van der Waals surface area contributed by atoms with Crippen LogP contribution >= 0.6 is 0 Å². The van der Waals surface area contributed by atoms with Gasteiger partial charge in [0.1, 0.15) is 5.75 Å². The van der Waals surface area contributed by atoms with E-state index in [2.05, 4.69) is 58.0 Å². The number of H-pyrrole nitrogens is 1. The highest BCUT2D eigenvalue weighted by molar-refractivity contribution is 5.82. The first kappa shape index (κ1) is 21.1. The molecule has 0 unspecified atom stereocenters. The van der Waals surface area contributed by atoms with Crippen LogP contribution in [0.2, 0.25) is 0 Å². The number of hydrogen-bond acceptors (Lipinski definition) is 4. The lowest BCUT2D eigenvalue weighted by Crippen LogP contribution is -2.34. The van der Waals surface area contributed by atoms with E-state index in [1.165, 1.54) is 22.3 Å². The monoisotopic (exact) mass is 451 g/mol. The Morgan fingerprint density at radius 2 is 1.53 bits per heavy atom. The lowest BCUT2D eigenvalue weighted by molar-refractivity contribution is 0.116. The second-order valence-corrected chi connectivity index (χ2v) is 9.60. The largest absolute Gasteiger partial charge is 0.508 e. The van der Waals surface area contributed by atoms with E-state index in [-0.39, 0.29) is 11.9 Å². The number of phenolic OH excluding ortho intramolecular Hbond substituents is 1. The van der Waals surface area contributed by atoms with Gasteiger partial charge in [-0.3, -0.25) is 5.10 Å². The fourth-order valence-electron chi connectivity index (χ4n) is 5.35. The highest BCUT2D eigenvalue weighted by Crippen LogP contribution is 2.40. The van der Waals surface area contributed by atoms with E-state index in [1.807, 2.05) is 12.1 Å². The summed E-state index contributed by atoms with van der Waals surface area (Å²) in [6.45, 7) is 0.867. The molecule has 0 amide bonds. The van der Waals surface area contributed by atoms with Crippen molar-refractivity contribution in [1.29, 1.82) is 0 Å². The number of fused-ring (bicyclic) bond motifs is 3. The van der Waals surface area contributed by atoms with Crippen LogP contribution in [0.25, 0.3) is 33.6 Å². The molecule has 172 valence electrons. The van der Waals surface area contributed by atoms with Crippen molar-refractivity contribution in [2.45, 2.75) is 50.8 Å². The second-order valence-electron chi connectivity index (χ2n) is 9.60. The van der Waals surface area contributed by atoms with Crippen molar-refractivity contribution in [2.24, 2.45) is 0 Å². The SMILES string of the molecule is Oc1ccc(-c2ccc(-c3n[nH]c4c3Cc3cc(CNC5CCC(O)CC5)ccc3-4)cc2)cc1. The van der Waals surface area contributed by atoms with Gasteiger partial charge in [0.15, 0.2) is 0 Å². The first-order valence-corrected chi connectivity index (χ1v) is 12.1. The van der Waals surface area contributed by atoms with Gasteiger partial charge in [0.2, 0.25) is 0 Å². The molecule has 0 spiro atoms. The standard InChI is InChI=1S/C29H29N3O2/c33-24-10-6-20(7-11-24)19-2-4-21(5-3-19)28-27-16-22-15-18(1-14-26(22)29(27)32-31-28)17-30-23-8-12-25(34)13-9-23/h1-7,10-11,14-15,23,25,30,33-34H,8-9,12-13,16-17H2,(H,31,32). The Bertz CT molecular complexity index is 1300. The molecule has 0 aliphatic heterocycles. The average molecular weight is 452 g/mol. The highest BCUT2D eigenvalue weighted by atomic mass is 16.3. The number of aromatic amines is 1. The van der Waals surface area contributed by atoms with Gasteiger partial charge in [-0.15, -0.1) is 0 Å². The molecule has 0 atom stereocenters. The van der Waals surface area contributed by atoms with Crippen LogP contribution in [0.4, 0.5) is 0 Å². The number of aromatic nitrogens is 2. The lowest BCUT2D eigenvalue weighted by Gasteiger charge is -2.26. The van der Waals surface area contributed by atoms with Crippen LogP contribution in [-0.4, -0.2) is 32.6 Å². The molecule has 1 heterocycles. The van der Waals surface area contributed by atoms with E-state index in [0.717, 1.165) is 66.7 Å². The number of nitrogens with zero attached hydrogens (tertiary/aromatic N) is 1. The third kappa shape index (κ3) is 4.02. The summed E-state index contributed by atoms with van der Waals surface area (Å²) in [4.78, 5) is 0. The molecule has 4 N–H and O–H groups in total. The van der Waals surface area contributed by atoms with Crippen molar-refractivity contribution in [1.82, 2.24) is 15.5 Å². The smallest absolute Gasteiger partial charge is 0.115 e. The molecule has 5 heteroatoms. The van der Waals surface area contributed by atoms with Crippen molar-refractivity contribution in [3.05, 3.63) is 83.4 Å². The Kier molecular flexibility index (Phi) is 5.44. The fraction of sp³-hybridized carbons (Fsp3) is 0.276. The molecule has 34 heavy (non-hydrogen) atoms. The summed E-state index contributed by atoms with van der Waals surface area (Å²) < 4.78 is 0. The van der Waals surface area contributed by atoms with Gasteiger partial charge in [0.05, 0.1) is 17.5 Å². The van der Waals surface area contributed by atoms with E-state index in [4.69, 9.17) is 0 Å². The maximum absolute atomic E-state index is 9.72. The zero-order chi connectivity index (χ0) is 23.1. The van der Waals surface area contributed by atoms with E-state index >= 15 is 0 Å². The number of aromatic hydroxyl groups is 1. The quantitative estimate of drug-likeness (QED) is 0.288. The molecule has 4 aromatic rings. The summed E-state index contributed by atoms with van der Waals surface area (Å²) in [5.41, 5.74) is 10.6. The predicted octanol–water partition coefficient (Wildman–Crippen LogP) is 5.41. The fourth-order valence-corrected chi connectivity index (χ4v) is 5.35. The predicted molar refractivity (Wildman–Crippen MR) is 134 cm³/mol. The Morgan fingerprint density at radius 1 is 0.853 bits per heavy atom. The second kappa shape index (κ2) is 8.75. The normalized spacial score (nSPS) is 19.1. The molecule has 5 nitrogen and oxygen atoms in total. The summed E-state index contributed by atoms with van der Waals surface area (Å²) in [5.74, 6) is 0.278. The Hall–Kier alpha value is -3.41. The minimum Gasteiger partial charge on any atom is -0.508 e. The lowest BCUT2D eigenvalue weighted by atomic mass is 9.93. The van der Waals surface area contributed by atoms with Crippen LogP contribution < -0.4 is 5.32 Å². The third-order valence-corrected chi connectivity index (χ3v) is 7.32. The van der Waals surface area contributed by atoms with Crippen LogP contribution in [0.15, 0.2) is 66.7 Å². The number of hydrogen-bond donors (Lipinski definition) is 4. The summed E-state index contributed by atoms with van der Waals surface area (Å²) in [6.07, 6.45) is 4.69. The summed E-state index contributed by atoms with van der Waals surface area (Å²) in [6, 6.07) is 23.0. The summed E-state index contributed by atoms with van der Waals surface area (Å²) >= 11 is 0. The van der Waals surface area contributed by atoms with E-state index in [9.17, 15) is 10.2 Å². The van der Waals surface area contributed by atoms with Crippen molar-refractivity contribution in [2.75, 3.05) is 0 Å². The zero-order valence-electron chi connectivity index (χ0n) is 19.1. The maximum Gasteiger partial charge on any atom is 0.115 e. The van der Waals surface area contributed by atoms with E-state index < -0.39 is 0 Å². The van der Waals surface area contributed by atoms with Gasteiger partial charge in [-0.2, -0.15) is 5.10 Å². The Labute approximate surface area is 199 Å². The van der Waals surface area contributed by atoms with E-state index in [0.29, 0.717) is 6.04 Å². The molecule has 3 aromatic carbocycles. The average Bonchev–Trinajstić information content (AvgIpc) is 3.43. The van der Waals surface area contributed by atoms with Crippen LogP contribution in [0.3, 0.4) is 0 Å². The number of aliphatic hydroxyl groups excluding tert-OH is 1. The third-order valence-electron chi connectivity index (χ3n) is 7.32. The molecule has 0 radical (unpaired) electrons. The molecule has 0 bridgehead atoms. The number of phenols is 1. The molecule has 1 saturated carbocycles. The van der Waals surface area contributed by atoms with Crippen molar-refractivity contribution < 1.29 is 10.2 Å². The number of rotatable bonds is 5. The van der Waals surface area contributed by atoms with Crippen molar-refractivity contribution in [3.8, 4) is 39.4 Å². The summed E-state index contributed by atoms with van der Waals surface area (Å²) in [5, 5.41) is 30.9. The summed E-state index contributed by atoms with van der Waals surface area (Å²) in [7, 11) is 0. The maximum atomic E-state index is 9.72. The van der Waals surface area contributed by atoms with Crippen LogP contribution in [0.5, 0.6) is 5.75 Å².